The number of hydrogen-bond acceptors (Lipinski definition) is 2. The minimum atomic E-state index is 0.0759. The number of aryl methyl sites for hydroxylation is 1. The van der Waals surface area contributed by atoms with Gasteiger partial charge >= 0.3 is 0 Å². The van der Waals surface area contributed by atoms with E-state index in [9.17, 15) is 4.79 Å². The largest absolute Gasteiger partial charge is 0.375 e. The normalized spacial score (nSPS) is 20.4. The van der Waals surface area contributed by atoms with E-state index in [2.05, 4.69) is 15.9 Å². The van der Waals surface area contributed by atoms with Crippen LogP contribution < -0.4 is 0 Å². The number of nitrogens with zero attached hydrogens (tertiary/aromatic N) is 1. The molecule has 0 aliphatic carbocycles. The Morgan fingerprint density at radius 2 is 2.29 bits per heavy atom. The smallest absolute Gasteiger partial charge is 0.255 e. The van der Waals surface area contributed by atoms with Gasteiger partial charge in [0.05, 0.1) is 18.3 Å². The van der Waals surface area contributed by atoms with Crippen LogP contribution in [0.2, 0.25) is 0 Å². The van der Waals surface area contributed by atoms with Crippen molar-refractivity contribution >= 4 is 21.8 Å². The summed E-state index contributed by atoms with van der Waals surface area (Å²) in [5.74, 6) is 0.0759. The average Bonchev–Trinajstić information content (AvgIpc) is 2.28. The van der Waals surface area contributed by atoms with E-state index in [0.717, 1.165) is 15.6 Å². The second kappa shape index (κ2) is 5.19. The van der Waals surface area contributed by atoms with Crippen molar-refractivity contribution in [1.82, 2.24) is 4.90 Å². The monoisotopic (exact) mass is 297 g/mol. The van der Waals surface area contributed by atoms with E-state index < -0.39 is 0 Å². The third kappa shape index (κ3) is 2.87. The summed E-state index contributed by atoms with van der Waals surface area (Å²) in [7, 11) is 0. The van der Waals surface area contributed by atoms with Crippen molar-refractivity contribution in [2.75, 3.05) is 19.7 Å². The molecule has 4 heteroatoms. The number of ether oxygens (including phenoxy) is 1. The van der Waals surface area contributed by atoms with Crippen LogP contribution in [0, 0.1) is 6.92 Å². The molecule has 0 radical (unpaired) electrons. The second-order valence-corrected chi connectivity index (χ2v) is 5.27. The molecule has 0 aromatic heterocycles. The average molecular weight is 298 g/mol. The zero-order valence-electron chi connectivity index (χ0n) is 10.1. The molecular formula is C13H16BrNO2. The Bertz CT molecular complexity index is 433. The van der Waals surface area contributed by atoms with Crippen LogP contribution in [0.4, 0.5) is 0 Å². The Hall–Kier alpha value is -0.870. The molecule has 17 heavy (non-hydrogen) atoms. The van der Waals surface area contributed by atoms with Gasteiger partial charge in [0.25, 0.3) is 5.91 Å². The maximum Gasteiger partial charge on any atom is 0.255 e. The first kappa shape index (κ1) is 12.6. The summed E-state index contributed by atoms with van der Waals surface area (Å²) in [6.07, 6.45) is 0.122. The fourth-order valence-electron chi connectivity index (χ4n) is 1.97. The van der Waals surface area contributed by atoms with E-state index in [1.807, 2.05) is 36.9 Å². The summed E-state index contributed by atoms with van der Waals surface area (Å²) in [5, 5.41) is 0. The molecule has 1 heterocycles. The second-order valence-electron chi connectivity index (χ2n) is 4.42. The van der Waals surface area contributed by atoms with Crippen LogP contribution >= 0.6 is 15.9 Å². The van der Waals surface area contributed by atoms with Crippen LogP contribution in [0.15, 0.2) is 22.7 Å². The zero-order valence-corrected chi connectivity index (χ0v) is 11.7. The quantitative estimate of drug-likeness (QED) is 0.797. The van der Waals surface area contributed by atoms with Crippen LogP contribution in [0.1, 0.15) is 22.8 Å². The lowest BCUT2D eigenvalue weighted by Gasteiger charge is -2.31. The van der Waals surface area contributed by atoms with E-state index in [1.54, 1.807) is 0 Å². The lowest BCUT2D eigenvalue weighted by Crippen LogP contribution is -2.44. The molecule has 0 bridgehead atoms. The summed E-state index contributed by atoms with van der Waals surface area (Å²) in [5.41, 5.74) is 1.87. The number of carbonyl (C=O) groups excluding carboxylic acids is 1. The predicted molar refractivity (Wildman–Crippen MR) is 70.2 cm³/mol. The van der Waals surface area contributed by atoms with E-state index in [1.165, 1.54) is 0 Å². The van der Waals surface area contributed by atoms with Crippen LogP contribution in [0.25, 0.3) is 0 Å². The van der Waals surface area contributed by atoms with Crippen molar-refractivity contribution < 1.29 is 9.53 Å². The van der Waals surface area contributed by atoms with Crippen LogP contribution in [-0.2, 0) is 4.74 Å². The molecule has 0 spiro atoms. The van der Waals surface area contributed by atoms with Gasteiger partial charge in [0.15, 0.2) is 0 Å². The van der Waals surface area contributed by atoms with Crippen LogP contribution in [0.3, 0.4) is 0 Å². The van der Waals surface area contributed by atoms with Gasteiger partial charge in [-0.2, -0.15) is 0 Å². The van der Waals surface area contributed by atoms with Crippen molar-refractivity contribution in [1.29, 1.82) is 0 Å². The molecule has 1 amide bonds. The van der Waals surface area contributed by atoms with Crippen molar-refractivity contribution in [3.05, 3.63) is 33.8 Å². The highest BCUT2D eigenvalue weighted by molar-refractivity contribution is 9.10. The van der Waals surface area contributed by atoms with Crippen LogP contribution in [0.5, 0.6) is 0 Å². The number of carbonyl (C=O) groups is 1. The lowest BCUT2D eigenvalue weighted by atomic mass is 10.1. The first-order chi connectivity index (χ1) is 8.08. The number of benzene rings is 1. The van der Waals surface area contributed by atoms with Crippen molar-refractivity contribution in [3.63, 3.8) is 0 Å². The van der Waals surface area contributed by atoms with Gasteiger partial charge in [-0.1, -0.05) is 6.07 Å². The number of hydrogen-bond donors (Lipinski definition) is 0. The summed E-state index contributed by atoms with van der Waals surface area (Å²) in [4.78, 5) is 14.2. The fraction of sp³-hybridized carbons (Fsp3) is 0.462. The molecule has 1 aromatic rings. The minimum absolute atomic E-state index is 0.0759. The van der Waals surface area contributed by atoms with E-state index in [4.69, 9.17) is 4.74 Å². The highest BCUT2D eigenvalue weighted by Crippen LogP contribution is 2.21. The molecular weight excluding hydrogens is 282 g/mol. The molecule has 1 aliphatic heterocycles. The molecule has 92 valence electrons. The number of halogens is 1. The van der Waals surface area contributed by atoms with Gasteiger partial charge in [0, 0.05) is 17.6 Å². The first-order valence-electron chi connectivity index (χ1n) is 5.75. The van der Waals surface area contributed by atoms with E-state index in [-0.39, 0.29) is 12.0 Å². The summed E-state index contributed by atoms with van der Waals surface area (Å²) in [6.45, 7) is 5.96. The van der Waals surface area contributed by atoms with Gasteiger partial charge < -0.3 is 9.64 Å². The SMILES string of the molecule is Cc1ccc(C(=O)N2CCO[C@H](C)C2)c(Br)c1. The molecule has 1 saturated heterocycles. The highest BCUT2D eigenvalue weighted by Gasteiger charge is 2.23. The van der Waals surface area contributed by atoms with Gasteiger partial charge in [0.1, 0.15) is 0 Å². The van der Waals surface area contributed by atoms with Crippen molar-refractivity contribution in [3.8, 4) is 0 Å². The zero-order chi connectivity index (χ0) is 12.4. The molecule has 1 atom stereocenters. The Kier molecular flexibility index (Phi) is 3.84. The molecule has 2 rings (SSSR count). The summed E-state index contributed by atoms with van der Waals surface area (Å²) < 4.78 is 6.30. The van der Waals surface area contributed by atoms with Gasteiger partial charge in [-0.3, -0.25) is 4.79 Å². The Morgan fingerprint density at radius 3 is 2.94 bits per heavy atom. The fourth-order valence-corrected chi connectivity index (χ4v) is 2.63. The van der Waals surface area contributed by atoms with Crippen molar-refractivity contribution in [2.24, 2.45) is 0 Å². The third-order valence-corrected chi connectivity index (χ3v) is 3.54. The molecule has 0 N–H and O–H groups in total. The number of amides is 1. The van der Waals surface area contributed by atoms with E-state index >= 15 is 0 Å². The highest BCUT2D eigenvalue weighted by atomic mass is 79.9. The topological polar surface area (TPSA) is 29.5 Å². The molecule has 3 nitrogen and oxygen atoms in total. The molecule has 1 aliphatic rings. The van der Waals surface area contributed by atoms with Crippen LogP contribution in [-0.4, -0.2) is 36.6 Å². The standard InChI is InChI=1S/C13H16BrNO2/c1-9-3-4-11(12(14)7-9)13(16)15-5-6-17-10(2)8-15/h3-4,7,10H,5-6,8H2,1-2H3/t10-/m1/s1. The summed E-state index contributed by atoms with van der Waals surface area (Å²) in [6, 6.07) is 5.81. The Balaban J connectivity index is 2.18. The van der Waals surface area contributed by atoms with E-state index in [0.29, 0.717) is 19.7 Å². The Labute approximate surface area is 110 Å². The predicted octanol–water partition coefficient (Wildman–Crippen LogP) is 2.62. The maximum atomic E-state index is 12.3. The van der Waals surface area contributed by atoms with Gasteiger partial charge in [-0.25, -0.2) is 0 Å². The first-order valence-corrected chi connectivity index (χ1v) is 6.54. The molecule has 1 aromatic carbocycles. The van der Waals surface area contributed by atoms with Gasteiger partial charge in [-0.05, 0) is 47.5 Å². The van der Waals surface area contributed by atoms with Gasteiger partial charge in [0.2, 0.25) is 0 Å². The lowest BCUT2D eigenvalue weighted by molar-refractivity contribution is -0.0124. The maximum absolute atomic E-state index is 12.3. The minimum Gasteiger partial charge on any atom is -0.375 e. The van der Waals surface area contributed by atoms with Crippen molar-refractivity contribution in [2.45, 2.75) is 20.0 Å². The molecule has 0 saturated carbocycles. The van der Waals surface area contributed by atoms with Gasteiger partial charge in [-0.15, -0.1) is 0 Å². The summed E-state index contributed by atoms with van der Waals surface area (Å²) >= 11 is 3.45. The molecule has 1 fully saturated rings. The number of morpholine rings is 1. The third-order valence-electron chi connectivity index (χ3n) is 2.88. The Morgan fingerprint density at radius 1 is 1.53 bits per heavy atom. The molecule has 0 unspecified atom stereocenters. The number of rotatable bonds is 1.